The smallest absolute Gasteiger partial charge is 0.0731 e. The van der Waals surface area contributed by atoms with Crippen molar-refractivity contribution in [3.8, 4) is 0 Å². The highest BCUT2D eigenvalue weighted by Crippen LogP contribution is 2.25. The molecule has 0 amide bonds. The molecule has 0 N–H and O–H groups in total. The fraction of sp³-hybridized carbons (Fsp3) is 0.571. The number of hydrogen-bond acceptors (Lipinski definition) is 2. The summed E-state index contributed by atoms with van der Waals surface area (Å²) in [6, 6.07) is 8.22. The predicted octanol–water partition coefficient (Wildman–Crippen LogP) is 3.92. The van der Waals surface area contributed by atoms with Crippen LogP contribution in [0.2, 0.25) is 0 Å². The van der Waals surface area contributed by atoms with E-state index in [4.69, 9.17) is 9.47 Å². The number of hydrogen-bond donors (Lipinski definition) is 0. The molecule has 2 nitrogen and oxygen atoms in total. The second-order valence-corrected chi connectivity index (χ2v) is 5.40. The van der Waals surface area contributed by atoms with E-state index < -0.39 is 0 Å². The molecular formula is C14H19BrO2. The van der Waals surface area contributed by atoms with Gasteiger partial charge in [-0.15, -0.1) is 0 Å². The summed E-state index contributed by atoms with van der Waals surface area (Å²) < 4.78 is 12.5. The quantitative estimate of drug-likeness (QED) is 0.839. The lowest BCUT2D eigenvalue weighted by atomic mass is 9.95. The molecule has 1 aliphatic carbocycles. The first-order valence-electron chi connectivity index (χ1n) is 6.17. The molecular weight excluding hydrogens is 280 g/mol. The first-order chi connectivity index (χ1) is 8.29. The molecule has 0 spiro atoms. The van der Waals surface area contributed by atoms with Gasteiger partial charge in [0.15, 0.2) is 0 Å². The zero-order valence-corrected chi connectivity index (χ0v) is 11.8. The average Bonchev–Trinajstić information content (AvgIpc) is 2.38. The van der Waals surface area contributed by atoms with Crippen LogP contribution in [0.3, 0.4) is 0 Å². The Morgan fingerprint density at radius 1 is 1.24 bits per heavy atom. The molecule has 1 aromatic carbocycles. The first kappa shape index (κ1) is 13.1. The van der Waals surface area contributed by atoms with Crippen molar-refractivity contribution in [1.82, 2.24) is 0 Å². The van der Waals surface area contributed by atoms with Crippen LogP contribution in [0.25, 0.3) is 0 Å². The van der Waals surface area contributed by atoms with Crippen LogP contribution >= 0.6 is 15.9 Å². The molecule has 1 saturated carbocycles. The Morgan fingerprint density at radius 2 is 2.00 bits per heavy atom. The molecule has 1 aromatic rings. The highest BCUT2D eigenvalue weighted by atomic mass is 79.9. The highest BCUT2D eigenvalue weighted by molar-refractivity contribution is 9.10. The minimum Gasteiger partial charge on any atom is -0.381 e. The Balaban J connectivity index is 1.84. The maximum absolute atomic E-state index is 5.97. The van der Waals surface area contributed by atoms with E-state index in [0.717, 1.165) is 17.3 Å². The van der Waals surface area contributed by atoms with Crippen LogP contribution in [0.1, 0.15) is 31.2 Å². The molecule has 0 bridgehead atoms. The second-order valence-electron chi connectivity index (χ2n) is 4.55. The van der Waals surface area contributed by atoms with Crippen molar-refractivity contribution in [2.45, 2.75) is 44.5 Å². The molecule has 94 valence electrons. The third-order valence-corrected chi connectivity index (χ3v) is 4.12. The van der Waals surface area contributed by atoms with E-state index in [9.17, 15) is 0 Å². The second kappa shape index (κ2) is 6.53. The number of rotatable bonds is 4. The van der Waals surface area contributed by atoms with Gasteiger partial charge in [-0.05, 0) is 37.3 Å². The zero-order valence-electron chi connectivity index (χ0n) is 10.2. The molecule has 1 fully saturated rings. The normalized spacial score (nSPS) is 24.8. The van der Waals surface area contributed by atoms with E-state index in [2.05, 4.69) is 28.1 Å². The number of methoxy groups -OCH3 is 1. The van der Waals surface area contributed by atoms with Crippen molar-refractivity contribution in [1.29, 1.82) is 0 Å². The van der Waals surface area contributed by atoms with Crippen molar-refractivity contribution in [3.63, 3.8) is 0 Å². The van der Waals surface area contributed by atoms with E-state index in [1.165, 1.54) is 18.4 Å². The topological polar surface area (TPSA) is 18.5 Å². The van der Waals surface area contributed by atoms with Gasteiger partial charge < -0.3 is 9.47 Å². The van der Waals surface area contributed by atoms with Crippen LogP contribution in [0.15, 0.2) is 28.7 Å². The third-order valence-electron chi connectivity index (χ3n) is 3.34. The van der Waals surface area contributed by atoms with Crippen LogP contribution in [-0.4, -0.2) is 19.3 Å². The molecule has 2 unspecified atom stereocenters. The Kier molecular flexibility index (Phi) is 5.01. The van der Waals surface area contributed by atoms with E-state index in [0.29, 0.717) is 18.8 Å². The van der Waals surface area contributed by atoms with Crippen LogP contribution in [0.5, 0.6) is 0 Å². The lowest BCUT2D eigenvalue weighted by Crippen LogP contribution is -2.27. The van der Waals surface area contributed by atoms with Gasteiger partial charge in [-0.1, -0.05) is 34.1 Å². The summed E-state index contributed by atoms with van der Waals surface area (Å²) in [5.74, 6) is 0. The van der Waals surface area contributed by atoms with Crippen LogP contribution < -0.4 is 0 Å². The van der Waals surface area contributed by atoms with Gasteiger partial charge in [0.25, 0.3) is 0 Å². The molecule has 1 aliphatic rings. The molecule has 0 heterocycles. The van der Waals surface area contributed by atoms with E-state index >= 15 is 0 Å². The van der Waals surface area contributed by atoms with Gasteiger partial charge in [0.1, 0.15) is 0 Å². The SMILES string of the molecule is COC1CCCC(OCc2ccccc2Br)C1. The minimum absolute atomic E-state index is 0.348. The van der Waals surface area contributed by atoms with E-state index in [1.54, 1.807) is 7.11 Å². The van der Waals surface area contributed by atoms with Gasteiger partial charge in [0.05, 0.1) is 18.8 Å². The largest absolute Gasteiger partial charge is 0.381 e. The summed E-state index contributed by atoms with van der Waals surface area (Å²) in [5.41, 5.74) is 1.21. The molecule has 3 heteroatoms. The van der Waals surface area contributed by atoms with Gasteiger partial charge in [0, 0.05) is 11.6 Å². The summed E-state index contributed by atoms with van der Waals surface area (Å²) in [7, 11) is 1.79. The first-order valence-corrected chi connectivity index (χ1v) is 6.96. The summed E-state index contributed by atoms with van der Waals surface area (Å²) in [6.45, 7) is 0.683. The highest BCUT2D eigenvalue weighted by Gasteiger charge is 2.22. The lowest BCUT2D eigenvalue weighted by molar-refractivity contribution is -0.0364. The van der Waals surface area contributed by atoms with Crippen LogP contribution in [0.4, 0.5) is 0 Å². The average molecular weight is 299 g/mol. The zero-order chi connectivity index (χ0) is 12.1. The molecule has 0 aliphatic heterocycles. The van der Waals surface area contributed by atoms with Crippen LogP contribution in [-0.2, 0) is 16.1 Å². The Hall–Kier alpha value is -0.380. The summed E-state index contributed by atoms with van der Waals surface area (Å²) in [6.07, 6.45) is 5.30. The standard InChI is InChI=1S/C14H19BrO2/c1-16-12-6-4-7-13(9-12)17-10-11-5-2-3-8-14(11)15/h2-3,5,8,12-13H,4,6-7,9-10H2,1H3. The fourth-order valence-electron chi connectivity index (χ4n) is 2.29. The molecule has 17 heavy (non-hydrogen) atoms. The van der Waals surface area contributed by atoms with Crippen LogP contribution in [0, 0.1) is 0 Å². The van der Waals surface area contributed by atoms with E-state index in [1.807, 2.05) is 12.1 Å². The van der Waals surface area contributed by atoms with Gasteiger partial charge >= 0.3 is 0 Å². The molecule has 0 aromatic heterocycles. The van der Waals surface area contributed by atoms with Crippen molar-refractivity contribution in [3.05, 3.63) is 34.3 Å². The maximum atomic E-state index is 5.97. The number of benzene rings is 1. The molecule has 0 radical (unpaired) electrons. The molecule has 2 atom stereocenters. The Bertz CT molecular complexity index is 354. The van der Waals surface area contributed by atoms with Gasteiger partial charge in [-0.25, -0.2) is 0 Å². The van der Waals surface area contributed by atoms with E-state index in [-0.39, 0.29) is 0 Å². The fourth-order valence-corrected chi connectivity index (χ4v) is 2.69. The summed E-state index contributed by atoms with van der Waals surface area (Å²) in [4.78, 5) is 0. The van der Waals surface area contributed by atoms with Crippen molar-refractivity contribution in [2.75, 3.05) is 7.11 Å². The Morgan fingerprint density at radius 3 is 2.76 bits per heavy atom. The molecule has 2 rings (SSSR count). The van der Waals surface area contributed by atoms with Crippen molar-refractivity contribution < 1.29 is 9.47 Å². The van der Waals surface area contributed by atoms with Gasteiger partial charge in [-0.2, -0.15) is 0 Å². The number of ether oxygens (including phenoxy) is 2. The monoisotopic (exact) mass is 298 g/mol. The lowest BCUT2D eigenvalue weighted by Gasteiger charge is -2.28. The summed E-state index contributed by atoms with van der Waals surface area (Å²) >= 11 is 3.54. The minimum atomic E-state index is 0.348. The summed E-state index contributed by atoms with van der Waals surface area (Å²) in [5, 5.41) is 0. The number of halogens is 1. The maximum Gasteiger partial charge on any atom is 0.0731 e. The third kappa shape index (κ3) is 3.80. The molecule has 0 saturated heterocycles. The van der Waals surface area contributed by atoms with Gasteiger partial charge in [0.2, 0.25) is 0 Å². The van der Waals surface area contributed by atoms with Gasteiger partial charge in [-0.3, -0.25) is 0 Å². The predicted molar refractivity (Wildman–Crippen MR) is 72.0 cm³/mol. The Labute approximate surface area is 111 Å². The van der Waals surface area contributed by atoms with Crippen molar-refractivity contribution in [2.24, 2.45) is 0 Å². The van der Waals surface area contributed by atoms with Crippen molar-refractivity contribution >= 4 is 15.9 Å².